The second-order valence-corrected chi connectivity index (χ2v) is 5.02. The van der Waals surface area contributed by atoms with Crippen LogP contribution in [0.25, 0.3) is 0 Å². The molecule has 2 aromatic carbocycles. The number of hydrogen-bond acceptors (Lipinski definition) is 1. The van der Waals surface area contributed by atoms with E-state index in [1.165, 1.54) is 16.7 Å². The average molecular weight is 254 g/mol. The SMILES string of the molecule is c1ccc(C[NH2+]C[C@H]2OCCc3ccccc32)cc1. The van der Waals surface area contributed by atoms with Crippen molar-refractivity contribution >= 4 is 0 Å². The number of nitrogens with two attached hydrogens (primary N) is 1. The van der Waals surface area contributed by atoms with Crippen LogP contribution in [0.5, 0.6) is 0 Å². The second kappa shape index (κ2) is 6.00. The smallest absolute Gasteiger partial charge is 0.131 e. The summed E-state index contributed by atoms with van der Waals surface area (Å²) in [6.07, 6.45) is 1.29. The molecule has 19 heavy (non-hydrogen) atoms. The minimum atomic E-state index is 0.244. The maximum atomic E-state index is 5.91. The molecular weight excluding hydrogens is 234 g/mol. The molecule has 0 fully saturated rings. The van der Waals surface area contributed by atoms with Gasteiger partial charge in [-0.3, -0.25) is 0 Å². The number of rotatable bonds is 4. The molecule has 0 bridgehead atoms. The fourth-order valence-corrected chi connectivity index (χ4v) is 2.69. The van der Waals surface area contributed by atoms with Gasteiger partial charge in [0.25, 0.3) is 0 Å². The summed E-state index contributed by atoms with van der Waals surface area (Å²) in [5, 5.41) is 2.34. The molecule has 2 nitrogen and oxygen atoms in total. The summed E-state index contributed by atoms with van der Waals surface area (Å²) in [6, 6.07) is 19.2. The van der Waals surface area contributed by atoms with Crippen molar-refractivity contribution in [2.75, 3.05) is 13.2 Å². The second-order valence-electron chi connectivity index (χ2n) is 5.02. The van der Waals surface area contributed by atoms with Gasteiger partial charge in [0.1, 0.15) is 19.2 Å². The number of fused-ring (bicyclic) bond motifs is 1. The third-order valence-corrected chi connectivity index (χ3v) is 3.70. The Morgan fingerprint density at radius 3 is 2.68 bits per heavy atom. The van der Waals surface area contributed by atoms with E-state index in [2.05, 4.69) is 59.9 Å². The predicted octanol–water partition coefficient (Wildman–Crippen LogP) is 2.06. The van der Waals surface area contributed by atoms with Gasteiger partial charge in [-0.25, -0.2) is 0 Å². The van der Waals surface area contributed by atoms with E-state index in [0.717, 1.165) is 26.1 Å². The lowest BCUT2D eigenvalue weighted by Crippen LogP contribution is -2.83. The van der Waals surface area contributed by atoms with Crippen LogP contribution in [0.1, 0.15) is 22.8 Å². The molecule has 0 saturated heterocycles. The van der Waals surface area contributed by atoms with E-state index in [1.807, 2.05) is 0 Å². The van der Waals surface area contributed by atoms with Crippen LogP contribution in [0.3, 0.4) is 0 Å². The molecule has 1 atom stereocenters. The Labute approximate surface area is 114 Å². The summed E-state index contributed by atoms with van der Waals surface area (Å²) in [5.41, 5.74) is 4.19. The highest BCUT2D eigenvalue weighted by atomic mass is 16.5. The molecule has 0 spiro atoms. The van der Waals surface area contributed by atoms with Gasteiger partial charge in [-0.05, 0) is 17.5 Å². The Morgan fingerprint density at radius 1 is 1.00 bits per heavy atom. The highest BCUT2D eigenvalue weighted by Crippen LogP contribution is 2.25. The van der Waals surface area contributed by atoms with E-state index in [4.69, 9.17) is 4.74 Å². The van der Waals surface area contributed by atoms with E-state index >= 15 is 0 Å². The molecule has 98 valence electrons. The Hall–Kier alpha value is -1.64. The van der Waals surface area contributed by atoms with Gasteiger partial charge in [0.05, 0.1) is 6.61 Å². The molecule has 2 aromatic rings. The van der Waals surface area contributed by atoms with E-state index in [9.17, 15) is 0 Å². The zero-order valence-corrected chi connectivity index (χ0v) is 11.1. The third kappa shape index (κ3) is 3.03. The van der Waals surface area contributed by atoms with Crippen LogP contribution < -0.4 is 5.32 Å². The van der Waals surface area contributed by atoms with Crippen molar-refractivity contribution in [3.63, 3.8) is 0 Å². The number of quaternary nitrogens is 1. The maximum Gasteiger partial charge on any atom is 0.131 e. The molecule has 1 aliphatic rings. The van der Waals surface area contributed by atoms with Crippen molar-refractivity contribution in [1.82, 2.24) is 0 Å². The lowest BCUT2D eigenvalue weighted by atomic mass is 9.97. The highest BCUT2D eigenvalue weighted by Gasteiger charge is 2.21. The first-order chi connectivity index (χ1) is 9.43. The van der Waals surface area contributed by atoms with Gasteiger partial charge in [0.2, 0.25) is 0 Å². The zero-order valence-electron chi connectivity index (χ0n) is 11.1. The Bertz CT molecular complexity index is 524. The van der Waals surface area contributed by atoms with E-state index in [0.29, 0.717) is 0 Å². The minimum Gasteiger partial charge on any atom is -0.367 e. The fourth-order valence-electron chi connectivity index (χ4n) is 2.69. The third-order valence-electron chi connectivity index (χ3n) is 3.70. The van der Waals surface area contributed by atoms with Crippen LogP contribution in [-0.2, 0) is 17.7 Å². The summed E-state index contributed by atoms with van der Waals surface area (Å²) < 4.78 is 5.91. The van der Waals surface area contributed by atoms with Crippen molar-refractivity contribution < 1.29 is 10.1 Å². The molecule has 0 aliphatic carbocycles. The maximum absolute atomic E-state index is 5.91. The van der Waals surface area contributed by atoms with Crippen LogP contribution in [-0.4, -0.2) is 13.2 Å². The van der Waals surface area contributed by atoms with Crippen LogP contribution in [0.2, 0.25) is 0 Å². The Morgan fingerprint density at radius 2 is 1.79 bits per heavy atom. The molecule has 1 aliphatic heterocycles. The van der Waals surface area contributed by atoms with Gasteiger partial charge >= 0.3 is 0 Å². The van der Waals surface area contributed by atoms with Gasteiger partial charge in [-0.1, -0.05) is 54.6 Å². The van der Waals surface area contributed by atoms with Crippen molar-refractivity contribution in [1.29, 1.82) is 0 Å². The Balaban J connectivity index is 1.59. The zero-order chi connectivity index (χ0) is 12.9. The summed E-state index contributed by atoms with van der Waals surface area (Å²) in [5.74, 6) is 0. The van der Waals surface area contributed by atoms with Crippen LogP contribution >= 0.6 is 0 Å². The van der Waals surface area contributed by atoms with Crippen LogP contribution in [0.4, 0.5) is 0 Å². The van der Waals surface area contributed by atoms with Gasteiger partial charge in [-0.2, -0.15) is 0 Å². The van der Waals surface area contributed by atoms with Crippen molar-refractivity contribution in [2.24, 2.45) is 0 Å². The number of hydrogen-bond donors (Lipinski definition) is 1. The van der Waals surface area contributed by atoms with Crippen molar-refractivity contribution in [3.05, 3.63) is 71.3 Å². The van der Waals surface area contributed by atoms with Gasteiger partial charge in [0.15, 0.2) is 0 Å². The first-order valence-corrected chi connectivity index (χ1v) is 6.98. The van der Waals surface area contributed by atoms with E-state index < -0.39 is 0 Å². The standard InChI is InChI=1S/C17H19NO/c1-2-6-14(7-3-1)12-18-13-17-16-9-5-4-8-15(16)10-11-19-17/h1-9,17-18H,10-13H2/p+1/t17-/m1/s1. The topological polar surface area (TPSA) is 25.8 Å². The number of ether oxygens (including phenoxy) is 1. The summed E-state index contributed by atoms with van der Waals surface area (Å²) in [6.45, 7) is 2.86. The molecular formula is C17H20NO+. The quantitative estimate of drug-likeness (QED) is 0.888. The van der Waals surface area contributed by atoms with Gasteiger partial charge < -0.3 is 10.1 Å². The lowest BCUT2D eigenvalue weighted by Gasteiger charge is -2.24. The first-order valence-electron chi connectivity index (χ1n) is 6.98. The summed E-state index contributed by atoms with van der Waals surface area (Å²) >= 11 is 0. The molecule has 2 heteroatoms. The van der Waals surface area contributed by atoms with Crippen LogP contribution in [0.15, 0.2) is 54.6 Å². The van der Waals surface area contributed by atoms with E-state index in [-0.39, 0.29) is 6.10 Å². The normalized spacial score (nSPS) is 18.0. The van der Waals surface area contributed by atoms with Gasteiger partial charge in [0, 0.05) is 5.56 Å². The average Bonchev–Trinajstić information content (AvgIpc) is 2.49. The summed E-state index contributed by atoms with van der Waals surface area (Å²) in [7, 11) is 0. The molecule has 2 N–H and O–H groups in total. The Kier molecular flexibility index (Phi) is 3.92. The molecule has 3 rings (SSSR count). The van der Waals surface area contributed by atoms with Crippen molar-refractivity contribution in [3.8, 4) is 0 Å². The molecule has 0 radical (unpaired) electrons. The largest absolute Gasteiger partial charge is 0.367 e. The minimum absolute atomic E-state index is 0.244. The summed E-state index contributed by atoms with van der Waals surface area (Å²) in [4.78, 5) is 0. The number of benzene rings is 2. The highest BCUT2D eigenvalue weighted by molar-refractivity contribution is 5.30. The van der Waals surface area contributed by atoms with Crippen LogP contribution in [0, 0.1) is 0 Å². The fraction of sp³-hybridized carbons (Fsp3) is 0.294. The van der Waals surface area contributed by atoms with Gasteiger partial charge in [-0.15, -0.1) is 0 Å². The molecule has 0 saturated carbocycles. The molecule has 1 heterocycles. The predicted molar refractivity (Wildman–Crippen MR) is 75.8 cm³/mol. The molecule has 0 unspecified atom stereocenters. The first kappa shape index (κ1) is 12.4. The van der Waals surface area contributed by atoms with Crippen molar-refractivity contribution in [2.45, 2.75) is 19.1 Å². The molecule has 0 amide bonds. The monoisotopic (exact) mass is 254 g/mol. The van der Waals surface area contributed by atoms with E-state index in [1.54, 1.807) is 0 Å². The lowest BCUT2D eigenvalue weighted by molar-refractivity contribution is -0.678. The molecule has 0 aromatic heterocycles.